The van der Waals surface area contributed by atoms with E-state index in [1.54, 1.807) is 13.8 Å². The minimum absolute atomic E-state index is 0.254. The highest BCUT2D eigenvalue weighted by molar-refractivity contribution is 7.89. The number of aliphatic carboxylic acids is 1. The average molecular weight is 316 g/mol. The first kappa shape index (κ1) is 17.1. The first-order chi connectivity index (χ1) is 9.65. The molecule has 0 radical (unpaired) electrons. The number of hydrogen-bond donors (Lipinski definition) is 2. The minimum atomic E-state index is -4.00. The van der Waals surface area contributed by atoms with Crippen LogP contribution in [0.15, 0.2) is 29.2 Å². The van der Waals surface area contributed by atoms with Crippen molar-refractivity contribution in [3.63, 3.8) is 0 Å². The molecule has 1 aromatic carbocycles. The topological polar surface area (TPSA) is 127 Å². The monoisotopic (exact) mass is 316 g/mol. The molecule has 21 heavy (non-hydrogen) atoms. The highest BCUT2D eigenvalue weighted by Gasteiger charge is 2.25. The number of nitro benzene ring substituents is 1. The minimum Gasteiger partial charge on any atom is -0.481 e. The van der Waals surface area contributed by atoms with Crippen molar-refractivity contribution < 1.29 is 23.2 Å². The fourth-order valence-corrected chi connectivity index (χ4v) is 2.75. The Bertz CT molecular complexity index is 641. The zero-order valence-electron chi connectivity index (χ0n) is 11.5. The lowest BCUT2D eigenvalue weighted by Gasteiger charge is -2.16. The molecule has 8 nitrogen and oxygen atoms in total. The van der Waals surface area contributed by atoms with Gasteiger partial charge in [-0.25, -0.2) is 13.1 Å². The molecule has 1 aromatic rings. The quantitative estimate of drug-likeness (QED) is 0.575. The number of carbonyl (C=O) groups is 1. The van der Waals surface area contributed by atoms with Gasteiger partial charge in [-0.15, -0.1) is 0 Å². The van der Waals surface area contributed by atoms with Crippen LogP contribution in [-0.4, -0.2) is 31.0 Å². The zero-order valence-corrected chi connectivity index (χ0v) is 12.3. The van der Waals surface area contributed by atoms with E-state index in [2.05, 4.69) is 4.72 Å². The standard InChI is InChI=1S/C12H16N2O6S/c1-8(2)11(12(15)16)7-13-21(19,20)10-5-3-4-9(6-10)14(17)18/h3-6,8,11,13H,7H2,1-2H3,(H,15,16). The lowest BCUT2D eigenvalue weighted by molar-refractivity contribution is -0.385. The van der Waals surface area contributed by atoms with Gasteiger partial charge in [0.2, 0.25) is 10.0 Å². The van der Waals surface area contributed by atoms with Gasteiger partial charge in [-0.2, -0.15) is 0 Å². The molecule has 1 atom stereocenters. The van der Waals surface area contributed by atoms with Crippen LogP contribution in [0.4, 0.5) is 5.69 Å². The molecule has 1 unspecified atom stereocenters. The summed E-state index contributed by atoms with van der Waals surface area (Å²) in [4.78, 5) is 20.7. The average Bonchev–Trinajstić information content (AvgIpc) is 2.38. The van der Waals surface area contributed by atoms with E-state index < -0.39 is 26.8 Å². The molecule has 0 amide bonds. The van der Waals surface area contributed by atoms with Crippen molar-refractivity contribution in [3.05, 3.63) is 34.4 Å². The summed E-state index contributed by atoms with van der Waals surface area (Å²) in [6, 6.07) is 4.56. The van der Waals surface area contributed by atoms with E-state index >= 15 is 0 Å². The van der Waals surface area contributed by atoms with Gasteiger partial charge in [0.15, 0.2) is 0 Å². The van der Waals surface area contributed by atoms with Crippen molar-refractivity contribution in [1.29, 1.82) is 0 Å². The van der Waals surface area contributed by atoms with Gasteiger partial charge in [0.1, 0.15) is 0 Å². The molecular formula is C12H16N2O6S. The molecule has 9 heteroatoms. The van der Waals surface area contributed by atoms with E-state index in [-0.39, 0.29) is 23.0 Å². The van der Waals surface area contributed by atoms with Gasteiger partial charge in [-0.3, -0.25) is 14.9 Å². The van der Waals surface area contributed by atoms with Crippen molar-refractivity contribution in [1.82, 2.24) is 4.72 Å². The van der Waals surface area contributed by atoms with Crippen LogP contribution in [-0.2, 0) is 14.8 Å². The van der Waals surface area contributed by atoms with E-state index in [0.29, 0.717) is 0 Å². The second-order valence-corrected chi connectivity index (χ2v) is 6.56. The van der Waals surface area contributed by atoms with Crippen LogP contribution in [0.1, 0.15) is 13.8 Å². The van der Waals surface area contributed by atoms with E-state index in [1.807, 2.05) is 0 Å². The number of nitro groups is 1. The van der Waals surface area contributed by atoms with Crippen LogP contribution in [0.25, 0.3) is 0 Å². The Kier molecular flexibility index (Phi) is 5.39. The molecule has 116 valence electrons. The Balaban J connectivity index is 2.94. The summed E-state index contributed by atoms with van der Waals surface area (Å²) in [5, 5.41) is 19.6. The molecule has 0 spiro atoms. The van der Waals surface area contributed by atoms with Gasteiger partial charge in [0.25, 0.3) is 5.69 Å². The smallest absolute Gasteiger partial charge is 0.308 e. The predicted octanol–water partition coefficient (Wildman–Crippen LogP) is 1.23. The SMILES string of the molecule is CC(C)C(CNS(=O)(=O)c1cccc([N+](=O)[O-])c1)C(=O)O. The van der Waals surface area contributed by atoms with E-state index in [4.69, 9.17) is 5.11 Å². The molecule has 0 aliphatic rings. The molecule has 0 bridgehead atoms. The molecule has 0 heterocycles. The highest BCUT2D eigenvalue weighted by atomic mass is 32.2. The van der Waals surface area contributed by atoms with Crippen LogP contribution >= 0.6 is 0 Å². The molecule has 0 saturated carbocycles. The second kappa shape index (κ2) is 6.64. The molecule has 0 aliphatic carbocycles. The third-order valence-corrected chi connectivity index (χ3v) is 4.38. The van der Waals surface area contributed by atoms with Crippen molar-refractivity contribution >= 4 is 21.7 Å². The number of sulfonamides is 1. The van der Waals surface area contributed by atoms with Crippen molar-refractivity contribution in [2.75, 3.05) is 6.54 Å². The maximum absolute atomic E-state index is 12.0. The third-order valence-electron chi connectivity index (χ3n) is 2.95. The summed E-state index contributed by atoms with van der Waals surface area (Å²) >= 11 is 0. The van der Waals surface area contributed by atoms with Gasteiger partial charge < -0.3 is 5.11 Å². The van der Waals surface area contributed by atoms with E-state index in [9.17, 15) is 23.3 Å². The van der Waals surface area contributed by atoms with Crippen LogP contribution in [0.2, 0.25) is 0 Å². The van der Waals surface area contributed by atoms with Crippen molar-refractivity contribution in [3.8, 4) is 0 Å². The maximum atomic E-state index is 12.0. The number of nitrogens with zero attached hydrogens (tertiary/aromatic N) is 1. The van der Waals surface area contributed by atoms with Gasteiger partial charge in [-0.05, 0) is 12.0 Å². The number of benzene rings is 1. The fraction of sp³-hybridized carbons (Fsp3) is 0.417. The summed E-state index contributed by atoms with van der Waals surface area (Å²) < 4.78 is 26.2. The summed E-state index contributed by atoms with van der Waals surface area (Å²) in [5.41, 5.74) is -0.350. The number of non-ortho nitro benzene ring substituents is 1. The fourth-order valence-electron chi connectivity index (χ4n) is 1.66. The zero-order chi connectivity index (χ0) is 16.2. The largest absolute Gasteiger partial charge is 0.481 e. The molecule has 0 aromatic heterocycles. The third kappa shape index (κ3) is 4.50. The lowest BCUT2D eigenvalue weighted by Crippen LogP contribution is -2.35. The Morgan fingerprint density at radius 1 is 1.43 bits per heavy atom. The van der Waals surface area contributed by atoms with Crippen LogP contribution in [0.5, 0.6) is 0 Å². The Morgan fingerprint density at radius 3 is 2.52 bits per heavy atom. The van der Waals surface area contributed by atoms with Crippen molar-refractivity contribution in [2.24, 2.45) is 11.8 Å². The molecule has 0 aliphatic heterocycles. The van der Waals surface area contributed by atoms with Crippen LogP contribution in [0, 0.1) is 22.0 Å². The lowest BCUT2D eigenvalue weighted by atomic mass is 9.97. The van der Waals surface area contributed by atoms with E-state index in [0.717, 1.165) is 6.07 Å². The van der Waals surface area contributed by atoms with Crippen LogP contribution < -0.4 is 4.72 Å². The normalized spacial score (nSPS) is 13.1. The number of nitrogens with one attached hydrogen (secondary N) is 1. The number of carboxylic acids is 1. The summed E-state index contributed by atoms with van der Waals surface area (Å²) in [6.07, 6.45) is 0. The summed E-state index contributed by atoms with van der Waals surface area (Å²) in [6.45, 7) is 3.05. The highest BCUT2D eigenvalue weighted by Crippen LogP contribution is 2.18. The Morgan fingerprint density at radius 2 is 2.05 bits per heavy atom. The number of carboxylic acid groups (broad SMARTS) is 1. The van der Waals surface area contributed by atoms with Crippen molar-refractivity contribution in [2.45, 2.75) is 18.7 Å². The summed E-state index contributed by atoms with van der Waals surface area (Å²) in [5.74, 6) is -2.24. The predicted molar refractivity (Wildman–Crippen MR) is 74.2 cm³/mol. The van der Waals surface area contributed by atoms with Gasteiger partial charge in [-0.1, -0.05) is 19.9 Å². The summed E-state index contributed by atoms with van der Waals surface area (Å²) in [7, 11) is -4.00. The Labute approximate surface area is 122 Å². The first-order valence-electron chi connectivity index (χ1n) is 6.12. The molecule has 1 rings (SSSR count). The molecule has 0 saturated heterocycles. The van der Waals surface area contributed by atoms with Gasteiger partial charge >= 0.3 is 5.97 Å². The molecular weight excluding hydrogens is 300 g/mol. The Hall–Kier alpha value is -2.00. The molecule has 0 fully saturated rings. The second-order valence-electron chi connectivity index (χ2n) is 4.80. The number of hydrogen-bond acceptors (Lipinski definition) is 5. The van der Waals surface area contributed by atoms with E-state index in [1.165, 1.54) is 18.2 Å². The maximum Gasteiger partial charge on any atom is 0.308 e. The van der Waals surface area contributed by atoms with Gasteiger partial charge in [0, 0.05) is 18.7 Å². The first-order valence-corrected chi connectivity index (χ1v) is 7.60. The number of rotatable bonds is 7. The molecule has 2 N–H and O–H groups in total. The van der Waals surface area contributed by atoms with Gasteiger partial charge in [0.05, 0.1) is 15.7 Å². The van der Waals surface area contributed by atoms with Crippen LogP contribution in [0.3, 0.4) is 0 Å².